The van der Waals surface area contributed by atoms with E-state index < -0.39 is 0 Å². The predicted molar refractivity (Wildman–Crippen MR) is 87.9 cm³/mol. The van der Waals surface area contributed by atoms with Gasteiger partial charge in [-0.3, -0.25) is 0 Å². The van der Waals surface area contributed by atoms with E-state index in [1.165, 1.54) is 35.1 Å². The van der Waals surface area contributed by atoms with Crippen LogP contribution in [0.4, 0.5) is 0 Å². The fourth-order valence-electron chi connectivity index (χ4n) is 3.26. The van der Waals surface area contributed by atoms with Crippen LogP contribution in [0.1, 0.15) is 35.3 Å². The molecule has 0 aliphatic heterocycles. The topological polar surface area (TPSA) is 30.7 Å². The minimum atomic E-state index is 0.314. The Balaban J connectivity index is 1.60. The number of benzene rings is 2. The second kappa shape index (κ2) is 4.71. The molecule has 0 unspecified atom stereocenters. The van der Waals surface area contributed by atoms with Crippen LogP contribution in [0.3, 0.4) is 0 Å². The zero-order valence-electron chi connectivity index (χ0n) is 12.0. The Bertz CT molecular complexity index is 805. The number of hydrogen-bond donors (Lipinski definition) is 0. The summed E-state index contributed by atoms with van der Waals surface area (Å²) in [5.74, 6) is 0. The molecular weight excluding hydrogens is 290 g/mol. The number of thioether (sulfide) groups is 1. The molecule has 1 heterocycles. The Morgan fingerprint density at radius 2 is 1.55 bits per heavy atom. The molecule has 0 radical (unpaired) electrons. The molecule has 0 bridgehead atoms. The summed E-state index contributed by atoms with van der Waals surface area (Å²) in [5.41, 5.74) is 5.49. The molecule has 0 N–H and O–H groups in total. The first-order valence-electron chi connectivity index (χ1n) is 7.66. The van der Waals surface area contributed by atoms with Crippen LogP contribution in [0.25, 0.3) is 11.1 Å². The van der Waals surface area contributed by atoms with Gasteiger partial charge in [0, 0.05) is 6.04 Å². The third-order valence-electron chi connectivity index (χ3n) is 4.48. The number of aromatic nitrogens is 3. The number of rotatable bonds is 3. The van der Waals surface area contributed by atoms with Gasteiger partial charge in [-0.05, 0) is 35.1 Å². The van der Waals surface area contributed by atoms with Crippen molar-refractivity contribution in [2.45, 2.75) is 29.3 Å². The van der Waals surface area contributed by atoms with Gasteiger partial charge in [0.05, 0.1) is 5.25 Å². The molecule has 5 rings (SSSR count). The van der Waals surface area contributed by atoms with Gasteiger partial charge in [-0.15, -0.1) is 10.2 Å². The second-order valence-electron chi connectivity index (χ2n) is 5.92. The van der Waals surface area contributed by atoms with E-state index in [4.69, 9.17) is 0 Å². The van der Waals surface area contributed by atoms with Crippen LogP contribution in [0.2, 0.25) is 0 Å². The maximum Gasteiger partial charge on any atom is 0.192 e. The summed E-state index contributed by atoms with van der Waals surface area (Å²) < 4.78 is 2.24. The number of fused-ring (bicyclic) bond motifs is 3. The van der Waals surface area contributed by atoms with Crippen molar-refractivity contribution in [1.29, 1.82) is 0 Å². The lowest BCUT2D eigenvalue weighted by Gasteiger charge is -2.13. The molecule has 0 atom stereocenters. The molecule has 0 saturated heterocycles. The van der Waals surface area contributed by atoms with E-state index in [9.17, 15) is 0 Å². The van der Waals surface area contributed by atoms with Crippen molar-refractivity contribution < 1.29 is 0 Å². The van der Waals surface area contributed by atoms with Crippen LogP contribution < -0.4 is 0 Å². The maximum atomic E-state index is 4.36. The SMILES string of the molecule is c1ccc2c(c1)-c1ccccc1C2Sc1nncn1C1CC1. The first kappa shape index (κ1) is 12.5. The van der Waals surface area contributed by atoms with Crippen LogP contribution in [0.5, 0.6) is 0 Å². The smallest absolute Gasteiger partial charge is 0.192 e. The number of hydrogen-bond acceptors (Lipinski definition) is 3. The van der Waals surface area contributed by atoms with E-state index in [1.807, 2.05) is 18.1 Å². The van der Waals surface area contributed by atoms with E-state index in [1.54, 1.807) is 0 Å². The Morgan fingerprint density at radius 3 is 2.18 bits per heavy atom. The molecule has 108 valence electrons. The Labute approximate surface area is 133 Å². The molecule has 2 aromatic carbocycles. The molecule has 1 fully saturated rings. The van der Waals surface area contributed by atoms with Gasteiger partial charge in [-0.25, -0.2) is 0 Å². The summed E-state index contributed by atoms with van der Waals surface area (Å²) in [6.45, 7) is 0. The molecule has 1 saturated carbocycles. The van der Waals surface area contributed by atoms with Gasteiger partial charge in [0.15, 0.2) is 5.16 Å². The summed E-state index contributed by atoms with van der Waals surface area (Å²) in [5, 5.41) is 9.85. The van der Waals surface area contributed by atoms with Gasteiger partial charge < -0.3 is 4.57 Å². The molecule has 3 nitrogen and oxygen atoms in total. The molecular formula is C18H15N3S. The van der Waals surface area contributed by atoms with E-state index in [0.717, 1.165) is 5.16 Å². The molecule has 4 heteroatoms. The molecule has 0 amide bonds. The summed E-state index contributed by atoms with van der Waals surface area (Å²) >= 11 is 1.83. The second-order valence-corrected chi connectivity index (χ2v) is 7.00. The van der Waals surface area contributed by atoms with E-state index in [0.29, 0.717) is 11.3 Å². The lowest BCUT2D eigenvalue weighted by Crippen LogP contribution is -1.98. The third-order valence-corrected chi connectivity index (χ3v) is 5.73. The third kappa shape index (κ3) is 1.83. The fraction of sp³-hybridized carbons (Fsp3) is 0.222. The summed E-state index contributed by atoms with van der Waals surface area (Å²) in [7, 11) is 0. The predicted octanol–water partition coefficient (Wildman–Crippen LogP) is 4.48. The van der Waals surface area contributed by atoms with Crippen LogP contribution in [-0.2, 0) is 0 Å². The van der Waals surface area contributed by atoms with Crippen molar-refractivity contribution in [2.75, 3.05) is 0 Å². The highest BCUT2D eigenvalue weighted by Gasteiger charge is 2.32. The molecule has 3 aromatic rings. The average molecular weight is 305 g/mol. The minimum Gasteiger partial charge on any atom is -0.305 e. The minimum absolute atomic E-state index is 0.314. The van der Waals surface area contributed by atoms with Crippen molar-refractivity contribution >= 4 is 11.8 Å². The van der Waals surface area contributed by atoms with Gasteiger partial charge in [0.2, 0.25) is 0 Å². The van der Waals surface area contributed by atoms with Crippen molar-refractivity contribution in [1.82, 2.24) is 14.8 Å². The Hall–Kier alpha value is -2.07. The zero-order valence-corrected chi connectivity index (χ0v) is 12.8. The van der Waals surface area contributed by atoms with Crippen molar-refractivity contribution in [3.63, 3.8) is 0 Å². The molecule has 2 aliphatic carbocycles. The lowest BCUT2D eigenvalue weighted by molar-refractivity contribution is 0.662. The summed E-state index contributed by atoms with van der Waals surface area (Å²) in [4.78, 5) is 0. The Kier molecular flexibility index (Phi) is 2.67. The van der Waals surface area contributed by atoms with Gasteiger partial charge in [0.1, 0.15) is 6.33 Å². The highest BCUT2D eigenvalue weighted by molar-refractivity contribution is 7.99. The highest BCUT2D eigenvalue weighted by atomic mass is 32.2. The van der Waals surface area contributed by atoms with Crippen LogP contribution in [-0.4, -0.2) is 14.8 Å². The first-order chi connectivity index (χ1) is 10.9. The average Bonchev–Trinajstić information content (AvgIpc) is 3.23. The van der Waals surface area contributed by atoms with Crippen molar-refractivity contribution in [2.24, 2.45) is 0 Å². The quantitative estimate of drug-likeness (QED) is 0.715. The molecule has 0 spiro atoms. The molecule has 22 heavy (non-hydrogen) atoms. The van der Waals surface area contributed by atoms with Crippen LogP contribution >= 0.6 is 11.8 Å². The van der Waals surface area contributed by atoms with Crippen LogP contribution in [0, 0.1) is 0 Å². The molecule has 1 aromatic heterocycles. The maximum absolute atomic E-state index is 4.36. The zero-order chi connectivity index (χ0) is 14.5. The van der Waals surface area contributed by atoms with E-state index in [2.05, 4.69) is 63.3 Å². The fourth-order valence-corrected chi connectivity index (χ4v) is 4.55. The van der Waals surface area contributed by atoms with Crippen LogP contribution in [0.15, 0.2) is 60.0 Å². The van der Waals surface area contributed by atoms with Gasteiger partial charge >= 0.3 is 0 Å². The first-order valence-corrected chi connectivity index (χ1v) is 8.54. The normalized spacial score (nSPS) is 16.5. The van der Waals surface area contributed by atoms with Crippen molar-refractivity contribution in [3.05, 3.63) is 66.0 Å². The van der Waals surface area contributed by atoms with Gasteiger partial charge in [0.25, 0.3) is 0 Å². The molecule has 2 aliphatic rings. The standard InChI is InChI=1S/C18H15N3S/c1-3-7-15-13(5-1)14-6-2-4-8-16(14)17(15)22-18-20-19-11-21(18)12-9-10-12/h1-8,11-12,17H,9-10H2. The Morgan fingerprint density at radius 1 is 0.909 bits per heavy atom. The monoisotopic (exact) mass is 305 g/mol. The van der Waals surface area contributed by atoms with Crippen molar-refractivity contribution in [3.8, 4) is 11.1 Å². The largest absolute Gasteiger partial charge is 0.305 e. The van der Waals surface area contributed by atoms with Gasteiger partial charge in [-0.1, -0.05) is 60.3 Å². The van der Waals surface area contributed by atoms with E-state index >= 15 is 0 Å². The van der Waals surface area contributed by atoms with E-state index in [-0.39, 0.29) is 0 Å². The summed E-state index contributed by atoms with van der Waals surface area (Å²) in [6.07, 6.45) is 4.39. The summed E-state index contributed by atoms with van der Waals surface area (Å²) in [6, 6.07) is 18.0. The lowest BCUT2D eigenvalue weighted by atomic mass is 10.1. The number of nitrogens with zero attached hydrogens (tertiary/aromatic N) is 3. The highest BCUT2D eigenvalue weighted by Crippen LogP contribution is 2.52. The van der Waals surface area contributed by atoms with Gasteiger partial charge in [-0.2, -0.15) is 0 Å².